The fraction of sp³-hybridized carbons (Fsp3) is 0.412. The number of hydrogen-bond acceptors (Lipinski definition) is 3. The molecule has 9 heteroatoms. The average Bonchev–Trinajstić information content (AvgIpc) is 2.91. The number of carbonyl (C=O) groups is 1. The molecule has 3 rings (SSSR count). The Hall–Kier alpha value is -1.87. The lowest BCUT2D eigenvalue weighted by atomic mass is 9.75. The summed E-state index contributed by atoms with van der Waals surface area (Å²) < 4.78 is 42.3. The van der Waals surface area contributed by atoms with Crippen molar-refractivity contribution in [3.63, 3.8) is 0 Å². The number of carboxylic acid groups (broad SMARTS) is 1. The van der Waals surface area contributed by atoms with Crippen LogP contribution in [-0.4, -0.2) is 31.9 Å². The quantitative estimate of drug-likeness (QED) is 0.768. The van der Waals surface area contributed by atoms with Crippen molar-refractivity contribution < 1.29 is 28.2 Å². The van der Waals surface area contributed by atoms with Gasteiger partial charge in [0.05, 0.1) is 34.1 Å². The highest BCUT2D eigenvalue weighted by Crippen LogP contribution is 2.46. The van der Waals surface area contributed by atoms with Gasteiger partial charge in [-0.2, -0.15) is 5.10 Å². The van der Waals surface area contributed by atoms with Crippen molar-refractivity contribution in [2.24, 2.45) is 5.92 Å². The van der Waals surface area contributed by atoms with E-state index in [0.29, 0.717) is 21.5 Å². The number of carboxylic acids is 1. The molecule has 1 aliphatic carbocycles. The number of aromatic nitrogens is 2. The number of aliphatic carboxylic acids is 1. The number of benzene rings is 1. The number of aliphatic hydroxyl groups is 1. The molecule has 0 aliphatic heterocycles. The second-order valence-electron chi connectivity index (χ2n) is 6.34. The third kappa shape index (κ3) is 3.50. The maximum Gasteiger partial charge on any atom is 0.307 e. The summed E-state index contributed by atoms with van der Waals surface area (Å²) in [5.74, 6) is -6.76. The first kappa shape index (κ1) is 18.9. The Morgan fingerprint density at radius 1 is 1.35 bits per heavy atom. The number of aliphatic hydroxyl groups excluding tert-OH is 1. The highest BCUT2D eigenvalue weighted by Gasteiger charge is 2.46. The molecule has 140 valence electrons. The summed E-state index contributed by atoms with van der Waals surface area (Å²) in [5, 5.41) is 23.4. The van der Waals surface area contributed by atoms with Crippen LogP contribution in [0.5, 0.6) is 0 Å². The molecule has 1 heterocycles. The Balaban J connectivity index is 2.05. The minimum absolute atomic E-state index is 0.0339. The third-order valence-electron chi connectivity index (χ3n) is 4.66. The SMILES string of the molecule is O=C(O)C1CC(F)(F)CCC1c1nn(-c2ccc(F)cc2)c(CO)c1Br. The molecular formula is C17H16BrF3N2O3. The molecule has 2 atom stereocenters. The Bertz CT molecular complexity index is 823. The fourth-order valence-electron chi connectivity index (χ4n) is 3.34. The van der Waals surface area contributed by atoms with Crippen LogP contribution in [0.15, 0.2) is 28.7 Å². The molecule has 1 aromatic carbocycles. The monoisotopic (exact) mass is 432 g/mol. The van der Waals surface area contributed by atoms with Gasteiger partial charge in [-0.15, -0.1) is 0 Å². The van der Waals surface area contributed by atoms with Crippen LogP contribution >= 0.6 is 15.9 Å². The molecule has 0 amide bonds. The molecule has 0 spiro atoms. The van der Waals surface area contributed by atoms with Crippen LogP contribution in [0.1, 0.15) is 36.6 Å². The summed E-state index contributed by atoms with van der Waals surface area (Å²) in [7, 11) is 0. The minimum atomic E-state index is -3.02. The zero-order chi connectivity index (χ0) is 19.1. The van der Waals surface area contributed by atoms with Crippen LogP contribution < -0.4 is 0 Å². The van der Waals surface area contributed by atoms with E-state index >= 15 is 0 Å². The van der Waals surface area contributed by atoms with E-state index < -0.39 is 49.0 Å². The lowest BCUT2D eigenvalue weighted by Gasteiger charge is -2.32. The molecule has 2 N–H and O–H groups in total. The summed E-state index contributed by atoms with van der Waals surface area (Å²) >= 11 is 3.32. The first-order valence-corrected chi connectivity index (χ1v) is 8.77. The van der Waals surface area contributed by atoms with Crippen molar-refractivity contribution in [1.29, 1.82) is 0 Å². The average molecular weight is 433 g/mol. The lowest BCUT2D eigenvalue weighted by molar-refractivity contribution is -0.150. The molecule has 0 bridgehead atoms. The number of alkyl halides is 2. The van der Waals surface area contributed by atoms with Gasteiger partial charge in [-0.25, -0.2) is 17.9 Å². The van der Waals surface area contributed by atoms with Crippen LogP contribution in [0.4, 0.5) is 13.2 Å². The van der Waals surface area contributed by atoms with Gasteiger partial charge in [-0.1, -0.05) is 0 Å². The Morgan fingerprint density at radius 3 is 2.58 bits per heavy atom. The molecule has 26 heavy (non-hydrogen) atoms. The maximum atomic E-state index is 13.7. The van der Waals surface area contributed by atoms with Gasteiger partial charge in [0.1, 0.15) is 5.82 Å². The van der Waals surface area contributed by atoms with Gasteiger partial charge in [-0.3, -0.25) is 4.79 Å². The first-order valence-electron chi connectivity index (χ1n) is 7.98. The van der Waals surface area contributed by atoms with Gasteiger partial charge in [-0.05, 0) is 46.6 Å². The van der Waals surface area contributed by atoms with Gasteiger partial charge < -0.3 is 10.2 Å². The van der Waals surface area contributed by atoms with E-state index in [1.54, 1.807) is 0 Å². The highest BCUT2D eigenvalue weighted by molar-refractivity contribution is 9.10. The first-order chi connectivity index (χ1) is 12.2. The van der Waals surface area contributed by atoms with E-state index in [1.165, 1.54) is 28.9 Å². The van der Waals surface area contributed by atoms with Crippen LogP contribution in [0.2, 0.25) is 0 Å². The van der Waals surface area contributed by atoms with Gasteiger partial charge in [0, 0.05) is 18.8 Å². The van der Waals surface area contributed by atoms with Crippen molar-refractivity contribution in [1.82, 2.24) is 9.78 Å². The third-order valence-corrected chi connectivity index (χ3v) is 5.52. The number of halogens is 4. The number of rotatable bonds is 4. The lowest BCUT2D eigenvalue weighted by Crippen LogP contribution is -2.36. The molecule has 2 unspecified atom stereocenters. The zero-order valence-electron chi connectivity index (χ0n) is 13.5. The molecule has 5 nitrogen and oxygen atoms in total. The molecule has 2 aromatic rings. The van der Waals surface area contributed by atoms with Gasteiger partial charge >= 0.3 is 5.97 Å². The number of nitrogens with zero attached hydrogens (tertiary/aromatic N) is 2. The van der Waals surface area contributed by atoms with Crippen LogP contribution in [0.3, 0.4) is 0 Å². The standard InChI is InChI=1S/C17H16BrF3N2O3/c18-14-13(8-24)23(10-3-1-9(19)2-4-10)22-15(14)11-5-6-17(20,21)7-12(11)16(25)26/h1-4,11-12,24H,5-8H2,(H,25,26). The van der Waals surface area contributed by atoms with Crippen molar-refractivity contribution in [2.75, 3.05) is 0 Å². The molecule has 1 saturated carbocycles. The maximum absolute atomic E-state index is 13.7. The van der Waals surface area contributed by atoms with Crippen molar-refractivity contribution in [3.8, 4) is 5.69 Å². The van der Waals surface area contributed by atoms with Crippen LogP contribution in [0, 0.1) is 11.7 Å². The molecule has 0 saturated heterocycles. The summed E-state index contributed by atoms with van der Waals surface area (Å²) in [6, 6.07) is 5.38. The van der Waals surface area contributed by atoms with Crippen LogP contribution in [0.25, 0.3) is 5.69 Å². The Labute approximate surface area is 155 Å². The predicted octanol–water partition coefficient (Wildman–Crippen LogP) is 3.87. The highest BCUT2D eigenvalue weighted by atomic mass is 79.9. The second-order valence-corrected chi connectivity index (χ2v) is 7.14. The van der Waals surface area contributed by atoms with E-state index in [9.17, 15) is 28.2 Å². The van der Waals surface area contributed by atoms with E-state index in [2.05, 4.69) is 21.0 Å². The molecule has 1 aromatic heterocycles. The zero-order valence-corrected chi connectivity index (χ0v) is 15.1. The van der Waals surface area contributed by atoms with Gasteiger partial charge in [0.2, 0.25) is 5.92 Å². The van der Waals surface area contributed by atoms with E-state index in [1.807, 2.05) is 0 Å². The molecule has 1 aliphatic rings. The van der Waals surface area contributed by atoms with Crippen LogP contribution in [-0.2, 0) is 11.4 Å². The van der Waals surface area contributed by atoms with E-state index in [4.69, 9.17) is 0 Å². The molecular weight excluding hydrogens is 417 g/mol. The largest absolute Gasteiger partial charge is 0.481 e. The second kappa shape index (κ2) is 7.03. The summed E-state index contributed by atoms with van der Waals surface area (Å²) in [4.78, 5) is 11.5. The summed E-state index contributed by atoms with van der Waals surface area (Å²) in [6.45, 7) is -0.411. The Morgan fingerprint density at radius 2 is 2.00 bits per heavy atom. The van der Waals surface area contributed by atoms with Crippen molar-refractivity contribution in [3.05, 3.63) is 45.9 Å². The van der Waals surface area contributed by atoms with E-state index in [-0.39, 0.29) is 6.42 Å². The molecule has 1 fully saturated rings. The van der Waals surface area contributed by atoms with Crippen molar-refractivity contribution in [2.45, 2.75) is 37.7 Å². The summed E-state index contributed by atoms with van der Waals surface area (Å²) in [6.07, 6.45) is -1.21. The fourth-order valence-corrected chi connectivity index (χ4v) is 4.01. The minimum Gasteiger partial charge on any atom is -0.481 e. The Kier molecular flexibility index (Phi) is 5.12. The molecule has 0 radical (unpaired) electrons. The number of hydrogen-bond donors (Lipinski definition) is 2. The predicted molar refractivity (Wildman–Crippen MR) is 89.8 cm³/mol. The van der Waals surface area contributed by atoms with Gasteiger partial charge in [0.15, 0.2) is 0 Å². The smallest absolute Gasteiger partial charge is 0.307 e. The van der Waals surface area contributed by atoms with E-state index in [0.717, 1.165) is 0 Å². The normalized spacial score (nSPS) is 22.3. The topological polar surface area (TPSA) is 75.3 Å². The van der Waals surface area contributed by atoms with Crippen molar-refractivity contribution >= 4 is 21.9 Å². The summed E-state index contributed by atoms with van der Waals surface area (Å²) in [5.41, 5.74) is 1.12. The van der Waals surface area contributed by atoms with Gasteiger partial charge in [0.25, 0.3) is 0 Å².